The van der Waals surface area contributed by atoms with Crippen LogP contribution in [-0.2, 0) is 0 Å². The van der Waals surface area contributed by atoms with Gasteiger partial charge in [-0.05, 0) is 92.5 Å². The topological polar surface area (TPSA) is 56.0 Å². The molecule has 0 unspecified atom stereocenters. The average Bonchev–Trinajstić information content (AvgIpc) is 3.90. The molecule has 7 aromatic carbocycles. The highest BCUT2D eigenvalue weighted by Crippen LogP contribution is 2.43. The van der Waals surface area contributed by atoms with Crippen LogP contribution in [0.5, 0.6) is 0 Å². The molecule has 0 aliphatic heterocycles. The van der Waals surface area contributed by atoms with E-state index in [9.17, 15) is 0 Å². The van der Waals surface area contributed by atoms with Crippen molar-refractivity contribution in [1.82, 2.24) is 24.3 Å². The minimum atomic E-state index is 0.945. The van der Waals surface area contributed by atoms with Crippen LogP contribution in [0, 0.1) is 0 Å². The SMILES string of the molecule is c1ccc(-c2ccc(-c3ccccc3-c3cc(-c4ccccc4-c4ccc(-c5ccccc5)nc4)cc(-c4ccccc4-c4cnc5c6ccccc6n6cncc6c5c4)c3)cn2)cc1. The molecule has 304 valence electrons. The van der Waals surface area contributed by atoms with Crippen LogP contribution in [0.15, 0.2) is 237 Å². The van der Waals surface area contributed by atoms with Crippen molar-refractivity contribution in [1.29, 1.82) is 0 Å². The van der Waals surface area contributed by atoms with Crippen molar-refractivity contribution in [2.24, 2.45) is 0 Å². The molecule has 12 aromatic rings. The molecule has 0 fully saturated rings. The summed E-state index contributed by atoms with van der Waals surface area (Å²) in [6.07, 6.45) is 9.84. The molecule has 0 N–H and O–H groups in total. The van der Waals surface area contributed by atoms with Gasteiger partial charge in [0.2, 0.25) is 0 Å². The van der Waals surface area contributed by atoms with Crippen molar-refractivity contribution < 1.29 is 0 Å². The zero-order chi connectivity index (χ0) is 43.1. The quantitative estimate of drug-likeness (QED) is 0.143. The van der Waals surface area contributed by atoms with E-state index in [1.54, 1.807) is 0 Å². The molecule has 0 saturated heterocycles. The Labute approximate surface area is 376 Å². The Morgan fingerprint density at radius 3 is 1.20 bits per heavy atom. The lowest BCUT2D eigenvalue weighted by Crippen LogP contribution is -1.94. The molecule has 0 aliphatic rings. The summed E-state index contributed by atoms with van der Waals surface area (Å²) in [5.74, 6) is 0. The monoisotopic (exact) mass is 829 g/mol. The summed E-state index contributed by atoms with van der Waals surface area (Å²) >= 11 is 0. The molecular formula is C60H39N5. The molecule has 12 rings (SSSR count). The van der Waals surface area contributed by atoms with Crippen LogP contribution in [0.2, 0.25) is 0 Å². The number of benzene rings is 7. The smallest absolute Gasteiger partial charge is 0.0997 e. The van der Waals surface area contributed by atoms with E-state index in [0.717, 1.165) is 117 Å². The maximum Gasteiger partial charge on any atom is 0.0997 e. The number of hydrogen-bond donors (Lipinski definition) is 0. The standard InChI is InChI=1S/C60H39N5/c1-3-15-40(16-4-1)56-29-27-42(35-62-56)48-19-7-9-21-50(48)44-31-45(51-22-10-8-20-49(51)43-28-30-57(63-36-43)41-17-5-2-6-18-41)33-46(32-44)52-23-11-12-24-53(52)47-34-55-59-38-61-39-65(59)58-26-14-13-25-54(58)60(55)64-37-47/h1-39H. The summed E-state index contributed by atoms with van der Waals surface area (Å²) < 4.78 is 2.16. The first kappa shape index (κ1) is 37.9. The normalized spacial score (nSPS) is 11.4. The van der Waals surface area contributed by atoms with Crippen LogP contribution < -0.4 is 0 Å². The predicted molar refractivity (Wildman–Crippen MR) is 267 cm³/mol. The number of imidazole rings is 1. The van der Waals surface area contributed by atoms with Gasteiger partial charge in [0, 0.05) is 57.2 Å². The van der Waals surface area contributed by atoms with Gasteiger partial charge in [-0.2, -0.15) is 0 Å². The van der Waals surface area contributed by atoms with Gasteiger partial charge in [-0.3, -0.25) is 19.4 Å². The maximum atomic E-state index is 5.17. The average molecular weight is 830 g/mol. The van der Waals surface area contributed by atoms with Gasteiger partial charge in [-0.25, -0.2) is 4.98 Å². The van der Waals surface area contributed by atoms with Crippen molar-refractivity contribution in [3.63, 3.8) is 0 Å². The third kappa shape index (κ3) is 6.93. The Balaban J connectivity index is 1.04. The van der Waals surface area contributed by atoms with E-state index >= 15 is 0 Å². The fraction of sp³-hybridized carbons (Fsp3) is 0. The van der Waals surface area contributed by atoms with Gasteiger partial charge in [0.25, 0.3) is 0 Å². The minimum Gasteiger partial charge on any atom is -0.298 e. The van der Waals surface area contributed by atoms with Crippen LogP contribution in [0.1, 0.15) is 0 Å². The number of hydrogen-bond acceptors (Lipinski definition) is 4. The van der Waals surface area contributed by atoms with Crippen molar-refractivity contribution in [2.75, 3.05) is 0 Å². The zero-order valence-electron chi connectivity index (χ0n) is 35.3. The predicted octanol–water partition coefficient (Wildman–Crippen LogP) is 15.2. The number of fused-ring (bicyclic) bond motifs is 6. The number of para-hydroxylation sites is 1. The van der Waals surface area contributed by atoms with Crippen LogP contribution in [0.4, 0.5) is 0 Å². The second-order valence-electron chi connectivity index (χ2n) is 16.3. The van der Waals surface area contributed by atoms with Crippen molar-refractivity contribution in [3.8, 4) is 89.3 Å². The van der Waals surface area contributed by atoms with E-state index in [-0.39, 0.29) is 0 Å². The summed E-state index contributed by atoms with van der Waals surface area (Å²) in [5.41, 5.74) is 20.3. The summed E-state index contributed by atoms with van der Waals surface area (Å²) in [5, 5.41) is 2.15. The summed E-state index contributed by atoms with van der Waals surface area (Å²) in [6, 6.07) is 72.9. The fourth-order valence-corrected chi connectivity index (χ4v) is 9.31. The Hall–Kier alpha value is -8.80. The van der Waals surface area contributed by atoms with Gasteiger partial charge in [-0.15, -0.1) is 0 Å². The molecule has 0 spiro atoms. The molecule has 0 aliphatic carbocycles. The Bertz CT molecular complexity index is 3540. The van der Waals surface area contributed by atoms with Gasteiger partial charge >= 0.3 is 0 Å². The third-order valence-corrected chi connectivity index (χ3v) is 12.5. The molecule has 0 radical (unpaired) electrons. The molecule has 0 amide bonds. The van der Waals surface area contributed by atoms with Gasteiger partial charge < -0.3 is 0 Å². The van der Waals surface area contributed by atoms with Gasteiger partial charge in [0.15, 0.2) is 0 Å². The number of nitrogens with zero attached hydrogens (tertiary/aromatic N) is 5. The highest BCUT2D eigenvalue weighted by Gasteiger charge is 2.18. The molecule has 5 heteroatoms. The van der Waals surface area contributed by atoms with Crippen LogP contribution in [0.25, 0.3) is 117 Å². The molecule has 65 heavy (non-hydrogen) atoms. The van der Waals surface area contributed by atoms with Crippen molar-refractivity contribution >= 4 is 27.3 Å². The van der Waals surface area contributed by atoms with E-state index in [0.29, 0.717) is 0 Å². The Morgan fingerprint density at radius 1 is 0.277 bits per heavy atom. The number of rotatable bonds is 8. The van der Waals surface area contributed by atoms with E-state index in [2.05, 4.69) is 179 Å². The molecule has 5 nitrogen and oxygen atoms in total. The van der Waals surface area contributed by atoms with Gasteiger partial charge in [0.05, 0.1) is 40.5 Å². The first-order chi connectivity index (χ1) is 32.2. The van der Waals surface area contributed by atoms with Crippen LogP contribution in [0.3, 0.4) is 0 Å². The fourth-order valence-electron chi connectivity index (χ4n) is 9.31. The largest absolute Gasteiger partial charge is 0.298 e. The first-order valence-electron chi connectivity index (χ1n) is 21.8. The summed E-state index contributed by atoms with van der Waals surface area (Å²) in [7, 11) is 0. The maximum absolute atomic E-state index is 5.17. The lowest BCUT2D eigenvalue weighted by molar-refractivity contribution is 1.21. The van der Waals surface area contributed by atoms with Crippen LogP contribution in [-0.4, -0.2) is 24.3 Å². The van der Waals surface area contributed by atoms with E-state index in [1.165, 1.54) is 0 Å². The first-order valence-corrected chi connectivity index (χ1v) is 21.8. The lowest BCUT2D eigenvalue weighted by Gasteiger charge is -2.18. The second kappa shape index (κ2) is 16.2. The molecule has 5 heterocycles. The van der Waals surface area contributed by atoms with Gasteiger partial charge in [-0.1, -0.05) is 164 Å². The molecule has 0 saturated carbocycles. The van der Waals surface area contributed by atoms with Crippen LogP contribution >= 0.6 is 0 Å². The highest BCUT2D eigenvalue weighted by atomic mass is 15.0. The molecular weight excluding hydrogens is 791 g/mol. The summed E-state index contributed by atoms with van der Waals surface area (Å²) in [6.45, 7) is 0. The Kier molecular flexibility index (Phi) is 9.42. The number of pyridine rings is 4. The van der Waals surface area contributed by atoms with Crippen molar-refractivity contribution in [2.45, 2.75) is 0 Å². The third-order valence-electron chi connectivity index (χ3n) is 12.5. The Morgan fingerprint density at radius 2 is 0.708 bits per heavy atom. The van der Waals surface area contributed by atoms with E-state index in [1.807, 2.05) is 67.5 Å². The van der Waals surface area contributed by atoms with E-state index < -0.39 is 0 Å². The molecule has 5 aromatic heterocycles. The second-order valence-corrected chi connectivity index (χ2v) is 16.3. The van der Waals surface area contributed by atoms with Gasteiger partial charge in [0.1, 0.15) is 0 Å². The van der Waals surface area contributed by atoms with Crippen molar-refractivity contribution in [3.05, 3.63) is 237 Å². The molecule has 0 atom stereocenters. The zero-order valence-corrected chi connectivity index (χ0v) is 35.3. The number of aromatic nitrogens is 5. The van der Waals surface area contributed by atoms with E-state index in [4.69, 9.17) is 15.0 Å². The summed E-state index contributed by atoms with van der Waals surface area (Å²) in [4.78, 5) is 19.6. The molecule has 0 bridgehead atoms. The highest BCUT2D eigenvalue weighted by molar-refractivity contribution is 6.11. The minimum absolute atomic E-state index is 0.945. The lowest BCUT2D eigenvalue weighted by atomic mass is 9.86.